The highest BCUT2D eigenvalue weighted by Gasteiger charge is 2.58. The summed E-state index contributed by atoms with van der Waals surface area (Å²) in [6.45, 7) is 1.04. The van der Waals surface area contributed by atoms with Crippen LogP contribution in [-0.4, -0.2) is 69.8 Å². The van der Waals surface area contributed by atoms with E-state index in [0.717, 1.165) is 44.2 Å². The molecule has 1 N–H and O–H groups in total. The van der Waals surface area contributed by atoms with Gasteiger partial charge in [-0.1, -0.05) is 6.07 Å². The molecule has 1 aromatic carbocycles. The molecule has 3 aliphatic heterocycles. The number of ether oxygens (including phenoxy) is 1. The van der Waals surface area contributed by atoms with Crippen molar-refractivity contribution in [3.05, 3.63) is 46.6 Å². The van der Waals surface area contributed by atoms with Crippen LogP contribution in [0.3, 0.4) is 0 Å². The Morgan fingerprint density at radius 2 is 1.78 bits per heavy atom. The van der Waals surface area contributed by atoms with E-state index in [-0.39, 0.29) is 47.1 Å². The predicted molar refractivity (Wildman–Crippen MR) is 152 cm³/mol. The second kappa shape index (κ2) is 10.3. The van der Waals surface area contributed by atoms with E-state index in [9.17, 15) is 32.8 Å². The Morgan fingerprint density at radius 3 is 2.44 bits per heavy atom. The third kappa shape index (κ3) is 4.80. The minimum Gasteiger partial charge on any atom is -0.381 e. The SMILES string of the molecule is N#C[C@@H]1C[C@H]2C[C@H]2N1C(=O)c1nn(C2CCOCC2)c2c1C(C1CC1)[C@H](NC(=O)c1cccc(C(F)(F)F)c1)C(=O)N2C1CC1. The largest absolute Gasteiger partial charge is 0.416 e. The molecule has 45 heavy (non-hydrogen) atoms. The van der Waals surface area contributed by atoms with Gasteiger partial charge in [-0.3, -0.25) is 19.3 Å². The van der Waals surface area contributed by atoms with E-state index in [1.165, 1.54) is 12.1 Å². The molecule has 5 fully saturated rings. The van der Waals surface area contributed by atoms with Gasteiger partial charge in [-0.2, -0.15) is 23.5 Å². The number of alkyl halides is 3. The number of amides is 3. The van der Waals surface area contributed by atoms with Crippen molar-refractivity contribution < 1.29 is 32.3 Å². The van der Waals surface area contributed by atoms with Gasteiger partial charge in [0.1, 0.15) is 17.9 Å². The number of nitriles is 1. The molecule has 236 valence electrons. The first-order valence-electron chi connectivity index (χ1n) is 15.9. The molecule has 3 saturated carbocycles. The number of carbonyl (C=O) groups is 3. The monoisotopic (exact) mass is 622 g/mol. The molecule has 6 aliphatic rings. The molecule has 3 amide bonds. The summed E-state index contributed by atoms with van der Waals surface area (Å²) in [5.41, 5.74) is -0.306. The fourth-order valence-electron chi connectivity index (χ4n) is 7.75. The van der Waals surface area contributed by atoms with E-state index in [0.29, 0.717) is 49.8 Å². The molecule has 0 spiro atoms. The Hall–Kier alpha value is -3.92. The molecule has 3 aliphatic carbocycles. The normalized spacial score (nSPS) is 29.6. The average molecular weight is 623 g/mol. The summed E-state index contributed by atoms with van der Waals surface area (Å²) in [5.74, 6) is -1.13. The molecule has 10 nitrogen and oxygen atoms in total. The van der Waals surface area contributed by atoms with Crippen molar-refractivity contribution in [2.24, 2.45) is 11.8 Å². The molecule has 2 saturated heterocycles. The number of halogens is 3. The minimum atomic E-state index is -4.63. The number of nitrogens with zero attached hydrogens (tertiary/aromatic N) is 5. The van der Waals surface area contributed by atoms with Crippen molar-refractivity contribution in [3.63, 3.8) is 0 Å². The van der Waals surface area contributed by atoms with Gasteiger partial charge in [0.2, 0.25) is 0 Å². The smallest absolute Gasteiger partial charge is 0.381 e. The highest BCUT2D eigenvalue weighted by molar-refractivity contribution is 6.07. The maximum Gasteiger partial charge on any atom is 0.416 e. The van der Waals surface area contributed by atoms with Crippen LogP contribution in [0.1, 0.15) is 95.3 Å². The summed E-state index contributed by atoms with van der Waals surface area (Å²) >= 11 is 0. The number of hydrogen-bond acceptors (Lipinski definition) is 6. The lowest BCUT2D eigenvalue weighted by atomic mass is 9.82. The van der Waals surface area contributed by atoms with E-state index >= 15 is 0 Å². The molecule has 8 rings (SSSR count). The summed E-state index contributed by atoms with van der Waals surface area (Å²) < 4.78 is 47.8. The molecule has 2 aromatic rings. The van der Waals surface area contributed by atoms with Crippen molar-refractivity contribution >= 4 is 23.5 Å². The Kier molecular flexibility index (Phi) is 6.54. The minimum absolute atomic E-state index is 0.00780. The molecular formula is C32H33F3N6O4. The first-order chi connectivity index (χ1) is 21.7. The summed E-state index contributed by atoms with van der Waals surface area (Å²) in [6, 6.07) is 4.59. The number of likely N-dealkylation sites (tertiary alicyclic amines) is 1. The van der Waals surface area contributed by atoms with Crippen molar-refractivity contribution in [3.8, 4) is 6.07 Å². The molecule has 0 bridgehead atoms. The number of nitrogens with one attached hydrogen (secondary N) is 1. The lowest BCUT2D eigenvalue weighted by Gasteiger charge is -2.40. The number of hydrogen-bond donors (Lipinski definition) is 1. The van der Waals surface area contributed by atoms with Gasteiger partial charge in [0.15, 0.2) is 5.69 Å². The number of benzene rings is 1. The Morgan fingerprint density at radius 1 is 1.02 bits per heavy atom. The molecule has 13 heteroatoms. The van der Waals surface area contributed by atoms with E-state index < -0.39 is 35.6 Å². The highest BCUT2D eigenvalue weighted by Crippen LogP contribution is 2.55. The van der Waals surface area contributed by atoms with Gasteiger partial charge in [-0.15, -0.1) is 0 Å². The van der Waals surface area contributed by atoms with Crippen LogP contribution >= 0.6 is 0 Å². The van der Waals surface area contributed by atoms with Crippen LogP contribution < -0.4 is 10.2 Å². The fraction of sp³-hybridized carbons (Fsp3) is 0.594. The van der Waals surface area contributed by atoms with Gasteiger partial charge < -0.3 is 15.0 Å². The molecule has 1 aromatic heterocycles. The number of aromatic nitrogens is 2. The van der Waals surface area contributed by atoms with E-state index in [4.69, 9.17) is 9.84 Å². The molecule has 1 unspecified atom stereocenters. The number of fused-ring (bicyclic) bond motifs is 2. The number of carbonyl (C=O) groups excluding carboxylic acids is 3. The van der Waals surface area contributed by atoms with Gasteiger partial charge in [0.05, 0.1) is 17.7 Å². The van der Waals surface area contributed by atoms with Gasteiger partial charge >= 0.3 is 6.18 Å². The van der Waals surface area contributed by atoms with Crippen molar-refractivity contribution in [1.82, 2.24) is 20.0 Å². The van der Waals surface area contributed by atoms with Crippen molar-refractivity contribution in [2.45, 2.75) is 93.7 Å². The number of piperidine rings is 1. The van der Waals surface area contributed by atoms with Crippen LogP contribution in [0.5, 0.6) is 0 Å². The van der Waals surface area contributed by atoms with Crippen LogP contribution in [0.4, 0.5) is 19.0 Å². The molecule has 0 radical (unpaired) electrons. The highest BCUT2D eigenvalue weighted by atomic mass is 19.4. The topological polar surface area (TPSA) is 121 Å². The molecule has 4 heterocycles. The Bertz CT molecular complexity index is 1620. The van der Waals surface area contributed by atoms with E-state index in [1.807, 2.05) is 4.68 Å². The summed E-state index contributed by atoms with van der Waals surface area (Å²) in [4.78, 5) is 45.8. The van der Waals surface area contributed by atoms with Crippen LogP contribution in [-0.2, 0) is 15.7 Å². The number of rotatable bonds is 6. The van der Waals surface area contributed by atoms with Crippen molar-refractivity contribution in [2.75, 3.05) is 18.1 Å². The van der Waals surface area contributed by atoms with Crippen molar-refractivity contribution in [1.29, 1.82) is 5.26 Å². The Balaban J connectivity index is 1.24. The van der Waals surface area contributed by atoms with Gasteiger partial charge in [-0.25, -0.2) is 4.68 Å². The first-order valence-corrected chi connectivity index (χ1v) is 15.9. The zero-order valence-corrected chi connectivity index (χ0v) is 24.5. The zero-order chi connectivity index (χ0) is 31.2. The average Bonchev–Trinajstić information content (AvgIpc) is 3.95. The zero-order valence-electron chi connectivity index (χ0n) is 24.5. The lowest BCUT2D eigenvalue weighted by Crippen LogP contribution is -2.57. The van der Waals surface area contributed by atoms with Gasteiger partial charge in [0.25, 0.3) is 17.7 Å². The lowest BCUT2D eigenvalue weighted by molar-refractivity contribution is -0.137. The Labute approximate surface area is 257 Å². The van der Waals surface area contributed by atoms with E-state index in [2.05, 4.69) is 11.4 Å². The van der Waals surface area contributed by atoms with Crippen LogP contribution in [0.15, 0.2) is 24.3 Å². The second-order valence-corrected chi connectivity index (χ2v) is 13.4. The molecular weight excluding hydrogens is 589 g/mol. The van der Waals surface area contributed by atoms with Crippen LogP contribution in [0.25, 0.3) is 0 Å². The summed E-state index contributed by atoms with van der Waals surface area (Å²) in [6.07, 6.45) is 1.23. The van der Waals surface area contributed by atoms with Crippen LogP contribution in [0, 0.1) is 23.2 Å². The third-order valence-corrected chi connectivity index (χ3v) is 10.4. The first kappa shape index (κ1) is 28.5. The second-order valence-electron chi connectivity index (χ2n) is 13.4. The van der Waals surface area contributed by atoms with Gasteiger partial charge in [0, 0.05) is 42.3 Å². The predicted octanol–water partition coefficient (Wildman–Crippen LogP) is 4.18. The van der Waals surface area contributed by atoms with Gasteiger partial charge in [-0.05, 0) is 81.4 Å². The standard InChI is InChI=1S/C32H33F3N6O4/c33-32(34,35)19-3-1-2-17(12-19)28(42)37-26-24(16-4-5-16)25-27(31(44)39-22(15-36)13-18-14-23(18)39)38-41(21-8-10-45-11-9-21)29(25)40(30(26)43)20-6-7-20/h1-3,12,16,18,20-24,26H,4-11,13-14H2,(H,37,42)/t18-,22-,23+,24?,26-/m0/s1. The summed E-state index contributed by atoms with van der Waals surface area (Å²) in [5, 5.41) is 17.7. The van der Waals surface area contributed by atoms with Crippen LogP contribution in [0.2, 0.25) is 0 Å². The maximum absolute atomic E-state index is 14.5. The quantitative estimate of drug-likeness (QED) is 0.516. The molecule has 5 atom stereocenters. The summed E-state index contributed by atoms with van der Waals surface area (Å²) in [7, 11) is 0. The van der Waals surface area contributed by atoms with E-state index in [1.54, 1.807) is 9.80 Å². The maximum atomic E-state index is 14.5. The third-order valence-electron chi connectivity index (χ3n) is 10.4. The number of anilines is 1. The fourth-order valence-corrected chi connectivity index (χ4v) is 7.75.